The van der Waals surface area contributed by atoms with Crippen LogP contribution in [0.4, 0.5) is 13.2 Å². The van der Waals surface area contributed by atoms with E-state index in [-0.39, 0.29) is 11.8 Å². The molecule has 26 heavy (non-hydrogen) atoms. The molecule has 1 aromatic carbocycles. The minimum absolute atomic E-state index is 0.181. The predicted octanol–water partition coefficient (Wildman–Crippen LogP) is 2.18. The van der Waals surface area contributed by atoms with E-state index in [1.165, 1.54) is 5.56 Å². The van der Waals surface area contributed by atoms with Crippen LogP contribution in [0.1, 0.15) is 12.5 Å². The van der Waals surface area contributed by atoms with E-state index < -0.39 is 12.1 Å². The van der Waals surface area contributed by atoms with Gasteiger partial charge in [0.15, 0.2) is 0 Å². The topological polar surface area (TPSA) is 69.6 Å². The molecule has 0 aromatic heterocycles. The maximum Gasteiger partial charge on any atom is 0.490 e. The highest BCUT2D eigenvalue weighted by molar-refractivity contribution is 5.79. The molecule has 2 aliphatic rings. The molecule has 0 bridgehead atoms. The van der Waals surface area contributed by atoms with Gasteiger partial charge in [0, 0.05) is 32.1 Å². The average Bonchev–Trinajstić information content (AvgIpc) is 3.01. The lowest BCUT2D eigenvalue weighted by Gasteiger charge is -2.30. The molecule has 3 rings (SSSR count). The Labute approximate surface area is 150 Å². The average molecular weight is 372 g/mol. The zero-order valence-corrected chi connectivity index (χ0v) is 14.5. The maximum absolute atomic E-state index is 11.7. The number of alkyl halides is 3. The second-order valence-electron chi connectivity index (χ2n) is 6.76. The van der Waals surface area contributed by atoms with E-state index in [9.17, 15) is 18.0 Å². The van der Waals surface area contributed by atoms with Crippen molar-refractivity contribution in [1.29, 1.82) is 0 Å². The summed E-state index contributed by atoms with van der Waals surface area (Å²) in [6.45, 7) is 6.29. The number of hydrogen-bond acceptors (Lipinski definition) is 3. The SMILES string of the molecule is C[C@@H]1C(=O)NC[C@H]2CN(CCc3ccccc3)C[C@H]21.O=C(O)C(F)(F)F. The summed E-state index contributed by atoms with van der Waals surface area (Å²) in [4.78, 5) is 23.1. The molecule has 144 valence electrons. The summed E-state index contributed by atoms with van der Waals surface area (Å²) in [5, 5.41) is 10.2. The number of nitrogens with zero attached hydrogens (tertiary/aromatic N) is 1. The van der Waals surface area contributed by atoms with E-state index in [0.29, 0.717) is 11.8 Å². The molecule has 0 aliphatic carbocycles. The Morgan fingerprint density at radius 2 is 1.88 bits per heavy atom. The first kappa shape index (κ1) is 20.2. The fourth-order valence-corrected chi connectivity index (χ4v) is 3.47. The third-order valence-corrected chi connectivity index (χ3v) is 4.96. The number of carbonyl (C=O) groups is 2. The summed E-state index contributed by atoms with van der Waals surface area (Å²) in [6, 6.07) is 10.6. The largest absolute Gasteiger partial charge is 0.490 e. The molecule has 0 radical (unpaired) electrons. The van der Waals surface area contributed by atoms with Gasteiger partial charge in [-0.1, -0.05) is 37.3 Å². The van der Waals surface area contributed by atoms with Crippen molar-refractivity contribution in [3.8, 4) is 0 Å². The van der Waals surface area contributed by atoms with E-state index in [4.69, 9.17) is 9.90 Å². The summed E-state index contributed by atoms with van der Waals surface area (Å²) >= 11 is 0. The van der Waals surface area contributed by atoms with Crippen LogP contribution >= 0.6 is 0 Å². The number of piperidine rings is 1. The number of nitrogens with one attached hydrogen (secondary N) is 1. The first-order valence-electron chi connectivity index (χ1n) is 8.52. The summed E-state index contributed by atoms with van der Waals surface area (Å²) in [5.74, 6) is -1.12. The molecular weight excluding hydrogens is 349 g/mol. The molecule has 2 aliphatic heterocycles. The zero-order valence-electron chi connectivity index (χ0n) is 14.5. The quantitative estimate of drug-likeness (QED) is 0.853. The van der Waals surface area contributed by atoms with Crippen LogP contribution in [0, 0.1) is 17.8 Å². The van der Waals surface area contributed by atoms with Crippen LogP contribution in [0.25, 0.3) is 0 Å². The highest BCUT2D eigenvalue weighted by Gasteiger charge is 2.41. The second kappa shape index (κ2) is 8.53. The number of amides is 1. The third-order valence-electron chi connectivity index (χ3n) is 4.96. The molecule has 0 unspecified atom stereocenters. The zero-order chi connectivity index (χ0) is 19.3. The number of aliphatic carboxylic acids is 1. The van der Waals surface area contributed by atoms with Crippen molar-refractivity contribution >= 4 is 11.9 Å². The van der Waals surface area contributed by atoms with Gasteiger partial charge in [-0.2, -0.15) is 13.2 Å². The number of carboxylic acids is 1. The molecule has 8 heteroatoms. The third kappa shape index (κ3) is 5.45. The van der Waals surface area contributed by atoms with Gasteiger partial charge in [0.2, 0.25) is 5.91 Å². The monoisotopic (exact) mass is 372 g/mol. The van der Waals surface area contributed by atoms with Gasteiger partial charge in [-0.15, -0.1) is 0 Å². The van der Waals surface area contributed by atoms with E-state index in [1.807, 2.05) is 0 Å². The van der Waals surface area contributed by atoms with Gasteiger partial charge in [0.05, 0.1) is 0 Å². The van der Waals surface area contributed by atoms with Crippen LogP contribution in [-0.2, 0) is 16.0 Å². The van der Waals surface area contributed by atoms with E-state index >= 15 is 0 Å². The second-order valence-corrected chi connectivity index (χ2v) is 6.76. The molecule has 2 heterocycles. The highest BCUT2D eigenvalue weighted by atomic mass is 19.4. The van der Waals surface area contributed by atoms with E-state index in [0.717, 1.165) is 32.6 Å². The van der Waals surface area contributed by atoms with Gasteiger partial charge in [0.25, 0.3) is 0 Å². The number of hydrogen-bond donors (Lipinski definition) is 2. The molecule has 0 spiro atoms. The standard InChI is InChI=1S/C16H22N2O.C2HF3O2/c1-12-15-11-18(10-14(15)9-17-16(12)19)8-7-13-5-3-2-4-6-13;3-2(4,5)1(6)7/h2-6,12,14-15H,7-11H2,1H3,(H,17,19);(H,6,7)/t12-,14-,15-;/m0./s1. The van der Waals surface area contributed by atoms with Crippen molar-refractivity contribution in [3.63, 3.8) is 0 Å². The smallest absolute Gasteiger partial charge is 0.475 e. The Hall–Kier alpha value is -2.09. The lowest BCUT2D eigenvalue weighted by molar-refractivity contribution is -0.192. The molecule has 1 amide bonds. The van der Waals surface area contributed by atoms with Crippen LogP contribution in [0.5, 0.6) is 0 Å². The van der Waals surface area contributed by atoms with Gasteiger partial charge in [0.1, 0.15) is 0 Å². The number of carboxylic acid groups (broad SMARTS) is 1. The van der Waals surface area contributed by atoms with Gasteiger partial charge < -0.3 is 15.3 Å². The van der Waals surface area contributed by atoms with Crippen molar-refractivity contribution in [2.45, 2.75) is 19.5 Å². The summed E-state index contributed by atoms with van der Waals surface area (Å²) in [6.07, 6.45) is -3.98. The fourth-order valence-electron chi connectivity index (χ4n) is 3.47. The number of benzene rings is 1. The van der Waals surface area contributed by atoms with Gasteiger partial charge in [-0.3, -0.25) is 4.79 Å². The minimum atomic E-state index is -5.08. The van der Waals surface area contributed by atoms with Crippen molar-refractivity contribution in [2.75, 3.05) is 26.2 Å². The van der Waals surface area contributed by atoms with E-state index in [1.54, 1.807) is 0 Å². The number of rotatable bonds is 3. The fraction of sp³-hybridized carbons (Fsp3) is 0.556. The number of fused-ring (bicyclic) bond motifs is 1. The van der Waals surface area contributed by atoms with Crippen molar-refractivity contribution in [3.05, 3.63) is 35.9 Å². The first-order valence-corrected chi connectivity index (χ1v) is 8.52. The Bertz CT molecular complexity index is 622. The molecule has 2 saturated heterocycles. The van der Waals surface area contributed by atoms with Crippen LogP contribution in [0.2, 0.25) is 0 Å². The van der Waals surface area contributed by atoms with Crippen LogP contribution < -0.4 is 5.32 Å². The lowest BCUT2D eigenvalue weighted by atomic mass is 9.81. The normalized spacial score (nSPS) is 25.7. The van der Waals surface area contributed by atoms with Gasteiger partial charge >= 0.3 is 12.1 Å². The van der Waals surface area contributed by atoms with Crippen molar-refractivity contribution in [1.82, 2.24) is 10.2 Å². The number of halogens is 3. The summed E-state index contributed by atoms with van der Waals surface area (Å²) < 4.78 is 31.7. The Morgan fingerprint density at radius 3 is 2.46 bits per heavy atom. The van der Waals surface area contributed by atoms with Gasteiger partial charge in [-0.25, -0.2) is 4.79 Å². The molecular formula is C18H23F3N2O3. The van der Waals surface area contributed by atoms with Crippen molar-refractivity contribution in [2.24, 2.45) is 17.8 Å². The molecule has 2 N–H and O–H groups in total. The predicted molar refractivity (Wildman–Crippen MR) is 89.4 cm³/mol. The van der Waals surface area contributed by atoms with Crippen LogP contribution in [0.15, 0.2) is 30.3 Å². The first-order chi connectivity index (χ1) is 12.2. The molecule has 3 atom stereocenters. The van der Waals surface area contributed by atoms with E-state index in [2.05, 4.69) is 47.5 Å². The number of likely N-dealkylation sites (tertiary alicyclic amines) is 1. The maximum atomic E-state index is 11.7. The Kier molecular flexibility index (Phi) is 6.63. The Balaban J connectivity index is 0.000000298. The molecule has 0 saturated carbocycles. The number of carbonyl (C=O) groups excluding carboxylic acids is 1. The summed E-state index contributed by atoms with van der Waals surface area (Å²) in [5.41, 5.74) is 1.40. The highest BCUT2D eigenvalue weighted by Crippen LogP contribution is 2.32. The molecule has 2 fully saturated rings. The van der Waals surface area contributed by atoms with Gasteiger partial charge in [-0.05, 0) is 23.8 Å². The minimum Gasteiger partial charge on any atom is -0.475 e. The van der Waals surface area contributed by atoms with Crippen LogP contribution in [-0.4, -0.2) is 54.2 Å². The lowest BCUT2D eigenvalue weighted by Crippen LogP contribution is -2.46. The molecule has 1 aromatic rings. The van der Waals surface area contributed by atoms with Crippen molar-refractivity contribution < 1.29 is 27.9 Å². The molecule has 5 nitrogen and oxygen atoms in total. The van der Waals surface area contributed by atoms with Crippen LogP contribution in [0.3, 0.4) is 0 Å². The Morgan fingerprint density at radius 1 is 1.27 bits per heavy atom. The summed E-state index contributed by atoms with van der Waals surface area (Å²) in [7, 11) is 0.